The normalized spacial score (nSPS) is 13.8. The zero-order valence-corrected chi connectivity index (χ0v) is 12.3. The molecule has 0 spiro atoms. The molecule has 1 unspecified atom stereocenters. The van der Waals surface area contributed by atoms with Crippen LogP contribution in [-0.4, -0.2) is 43.6 Å². The van der Waals surface area contributed by atoms with E-state index >= 15 is 0 Å². The van der Waals surface area contributed by atoms with E-state index in [4.69, 9.17) is 16.3 Å². The van der Waals surface area contributed by atoms with Crippen LogP contribution < -0.4 is 4.72 Å². The van der Waals surface area contributed by atoms with E-state index in [1.807, 2.05) is 0 Å². The van der Waals surface area contributed by atoms with Gasteiger partial charge in [0.05, 0.1) is 12.0 Å². The lowest BCUT2D eigenvalue weighted by molar-refractivity contribution is 0.196. The van der Waals surface area contributed by atoms with Crippen LogP contribution in [0.2, 0.25) is 0 Å². The van der Waals surface area contributed by atoms with Gasteiger partial charge in [-0.05, 0) is 13.3 Å². The Morgan fingerprint density at radius 1 is 1.61 bits per heavy atom. The first-order valence-corrected chi connectivity index (χ1v) is 7.41. The molecule has 1 rings (SSSR count). The minimum absolute atomic E-state index is 0.0281. The fourth-order valence-corrected chi connectivity index (χ4v) is 2.66. The molecule has 8 heteroatoms. The van der Waals surface area contributed by atoms with Crippen molar-refractivity contribution in [1.29, 1.82) is 0 Å². The molecule has 0 aromatic carbocycles. The van der Waals surface area contributed by atoms with Gasteiger partial charge in [0.15, 0.2) is 5.03 Å². The highest BCUT2D eigenvalue weighted by Crippen LogP contribution is 2.08. The zero-order chi connectivity index (χ0) is 13.8. The van der Waals surface area contributed by atoms with Crippen molar-refractivity contribution in [2.75, 3.05) is 20.3 Å². The van der Waals surface area contributed by atoms with E-state index in [0.717, 1.165) is 0 Å². The Kier molecular flexibility index (Phi) is 5.58. The molecule has 0 radical (unpaired) electrons. The molecular weight excluding hydrogens is 278 g/mol. The van der Waals surface area contributed by atoms with Crippen LogP contribution in [0.4, 0.5) is 0 Å². The fourth-order valence-electron chi connectivity index (χ4n) is 1.34. The molecule has 0 fully saturated rings. The van der Waals surface area contributed by atoms with E-state index < -0.39 is 10.0 Å². The minimum Gasteiger partial charge on any atom is -0.383 e. The molecule has 0 amide bonds. The minimum atomic E-state index is -3.55. The molecule has 1 aromatic heterocycles. The smallest absolute Gasteiger partial charge is 0.259 e. The number of aryl methyl sites for hydroxylation is 2. The summed E-state index contributed by atoms with van der Waals surface area (Å²) in [4.78, 5) is 3.97. The van der Waals surface area contributed by atoms with E-state index in [9.17, 15) is 8.42 Å². The van der Waals surface area contributed by atoms with Crippen molar-refractivity contribution in [3.05, 3.63) is 12.0 Å². The van der Waals surface area contributed by atoms with Crippen LogP contribution in [0.1, 0.15) is 12.2 Å². The summed E-state index contributed by atoms with van der Waals surface area (Å²) in [6.45, 7) is 2.40. The second-order valence-corrected chi connectivity index (χ2v) is 6.31. The number of ether oxygens (including phenoxy) is 1. The summed E-state index contributed by atoms with van der Waals surface area (Å²) in [5, 5.41) is -0.177. The summed E-state index contributed by atoms with van der Waals surface area (Å²) < 4.78 is 32.7. The van der Waals surface area contributed by atoms with E-state index in [0.29, 0.717) is 18.9 Å². The lowest BCUT2D eigenvalue weighted by atomic mass is 10.3. The summed E-state index contributed by atoms with van der Waals surface area (Å²) in [6, 6.07) is 0. The van der Waals surface area contributed by atoms with Crippen molar-refractivity contribution < 1.29 is 13.2 Å². The highest BCUT2D eigenvalue weighted by atomic mass is 35.5. The van der Waals surface area contributed by atoms with Gasteiger partial charge in [0.2, 0.25) is 0 Å². The van der Waals surface area contributed by atoms with Crippen LogP contribution in [0.25, 0.3) is 0 Å². The summed E-state index contributed by atoms with van der Waals surface area (Å²) in [5.41, 5.74) is 0. The van der Waals surface area contributed by atoms with Gasteiger partial charge < -0.3 is 9.30 Å². The molecule has 1 N–H and O–H groups in total. The van der Waals surface area contributed by atoms with Crippen molar-refractivity contribution in [3.63, 3.8) is 0 Å². The third kappa shape index (κ3) is 4.24. The Bertz CT molecular complexity index is 467. The van der Waals surface area contributed by atoms with Crippen LogP contribution in [-0.2, 0) is 21.8 Å². The lowest BCUT2D eigenvalue weighted by Gasteiger charge is -2.08. The van der Waals surface area contributed by atoms with Crippen molar-refractivity contribution in [2.45, 2.75) is 23.7 Å². The maximum Gasteiger partial charge on any atom is 0.259 e. The SMILES string of the molecule is COCC(Cl)CCNS(=O)(=O)c1cn(C)c(C)n1. The highest BCUT2D eigenvalue weighted by Gasteiger charge is 2.18. The van der Waals surface area contributed by atoms with Crippen molar-refractivity contribution in [3.8, 4) is 0 Å². The molecule has 1 aromatic rings. The first kappa shape index (κ1) is 15.4. The third-order valence-corrected chi connectivity index (χ3v) is 4.13. The molecule has 18 heavy (non-hydrogen) atoms. The average Bonchev–Trinajstić information content (AvgIpc) is 2.60. The molecule has 0 aliphatic rings. The predicted octanol–water partition coefficient (Wildman–Crippen LogP) is 0.651. The molecule has 0 bridgehead atoms. The van der Waals surface area contributed by atoms with Crippen molar-refractivity contribution >= 4 is 21.6 Å². The zero-order valence-electron chi connectivity index (χ0n) is 10.7. The lowest BCUT2D eigenvalue weighted by Crippen LogP contribution is -2.27. The van der Waals surface area contributed by atoms with Gasteiger partial charge in [-0.3, -0.25) is 0 Å². The quantitative estimate of drug-likeness (QED) is 0.750. The predicted molar refractivity (Wildman–Crippen MR) is 69.3 cm³/mol. The standard InChI is InChI=1S/C10H18ClN3O3S/c1-8-13-10(6-14(8)2)18(15,16)12-5-4-9(11)7-17-3/h6,9,12H,4-5,7H2,1-3H3. The van der Waals surface area contributed by atoms with Crippen LogP contribution >= 0.6 is 11.6 Å². The van der Waals surface area contributed by atoms with Crippen LogP contribution in [0.5, 0.6) is 0 Å². The number of alkyl halides is 1. The number of imidazole rings is 1. The van der Waals surface area contributed by atoms with E-state index in [1.54, 1.807) is 25.6 Å². The Morgan fingerprint density at radius 3 is 2.78 bits per heavy atom. The monoisotopic (exact) mass is 295 g/mol. The number of nitrogens with one attached hydrogen (secondary N) is 1. The molecule has 1 atom stereocenters. The van der Waals surface area contributed by atoms with Gasteiger partial charge in [-0.1, -0.05) is 0 Å². The second kappa shape index (κ2) is 6.51. The van der Waals surface area contributed by atoms with Crippen molar-refractivity contribution in [2.24, 2.45) is 7.05 Å². The average molecular weight is 296 g/mol. The van der Waals surface area contributed by atoms with Crippen molar-refractivity contribution in [1.82, 2.24) is 14.3 Å². The van der Waals surface area contributed by atoms with Crippen LogP contribution in [0.15, 0.2) is 11.2 Å². The maximum absolute atomic E-state index is 11.9. The Hall–Kier alpha value is -0.630. The number of hydrogen-bond donors (Lipinski definition) is 1. The van der Waals surface area contributed by atoms with Gasteiger partial charge >= 0.3 is 0 Å². The summed E-state index contributed by atoms with van der Waals surface area (Å²) in [5.74, 6) is 0.643. The van der Waals surface area contributed by atoms with Crippen LogP contribution in [0.3, 0.4) is 0 Å². The first-order valence-electron chi connectivity index (χ1n) is 5.49. The maximum atomic E-state index is 11.9. The highest BCUT2D eigenvalue weighted by molar-refractivity contribution is 7.89. The topological polar surface area (TPSA) is 73.2 Å². The molecule has 104 valence electrons. The number of nitrogens with zero attached hydrogens (tertiary/aromatic N) is 2. The van der Waals surface area contributed by atoms with Gasteiger partial charge in [0, 0.05) is 26.9 Å². The molecule has 0 aliphatic heterocycles. The number of hydrogen-bond acceptors (Lipinski definition) is 4. The Balaban J connectivity index is 2.55. The Labute approximate surface area is 112 Å². The van der Waals surface area contributed by atoms with Gasteiger partial charge in [-0.25, -0.2) is 18.1 Å². The second-order valence-electron chi connectivity index (χ2n) is 3.98. The number of rotatable bonds is 7. The summed E-state index contributed by atoms with van der Waals surface area (Å²) in [7, 11) is -0.257. The molecule has 6 nitrogen and oxygen atoms in total. The Morgan fingerprint density at radius 2 is 2.28 bits per heavy atom. The fraction of sp³-hybridized carbons (Fsp3) is 0.700. The van der Waals surface area contributed by atoms with E-state index in [1.165, 1.54) is 6.20 Å². The van der Waals surface area contributed by atoms with Gasteiger partial charge in [0.25, 0.3) is 10.0 Å². The number of methoxy groups -OCH3 is 1. The van der Waals surface area contributed by atoms with Gasteiger partial charge in [-0.15, -0.1) is 11.6 Å². The molecule has 0 aliphatic carbocycles. The van der Waals surface area contributed by atoms with Gasteiger partial charge in [0.1, 0.15) is 5.82 Å². The van der Waals surface area contributed by atoms with E-state index in [-0.39, 0.29) is 16.9 Å². The third-order valence-electron chi connectivity index (χ3n) is 2.46. The first-order chi connectivity index (χ1) is 8.36. The van der Waals surface area contributed by atoms with Crippen LogP contribution in [0, 0.1) is 6.92 Å². The number of sulfonamides is 1. The summed E-state index contributed by atoms with van der Waals surface area (Å²) >= 11 is 5.91. The molecule has 0 saturated carbocycles. The number of halogens is 1. The summed E-state index contributed by atoms with van der Waals surface area (Å²) in [6.07, 6.45) is 1.98. The number of aromatic nitrogens is 2. The van der Waals surface area contributed by atoms with E-state index in [2.05, 4.69) is 9.71 Å². The molecule has 1 heterocycles. The molecular formula is C10H18ClN3O3S. The van der Waals surface area contributed by atoms with Gasteiger partial charge in [-0.2, -0.15) is 0 Å². The largest absolute Gasteiger partial charge is 0.383 e. The molecule has 0 saturated heterocycles.